The molecule has 150 valence electrons. The van der Waals surface area contributed by atoms with Crippen LogP contribution < -0.4 is 11.1 Å². The third-order valence-corrected chi connectivity index (χ3v) is 4.20. The van der Waals surface area contributed by atoms with Gasteiger partial charge < -0.3 is 20.7 Å². The molecule has 1 aromatic carbocycles. The molecule has 6 nitrogen and oxygen atoms in total. The van der Waals surface area contributed by atoms with Gasteiger partial charge in [-0.15, -0.1) is 24.0 Å². The van der Waals surface area contributed by atoms with E-state index >= 15 is 0 Å². The van der Waals surface area contributed by atoms with Gasteiger partial charge in [0.2, 0.25) is 5.60 Å². The Morgan fingerprint density at radius 3 is 2.48 bits per heavy atom. The zero-order valence-corrected chi connectivity index (χ0v) is 17.5. The number of halogens is 4. The number of hydrogen-bond donors (Lipinski definition) is 3. The predicted octanol–water partition coefficient (Wildman–Crippen LogP) is 3.22. The van der Waals surface area contributed by atoms with E-state index in [1.54, 1.807) is 6.07 Å². The molecule has 0 saturated heterocycles. The van der Waals surface area contributed by atoms with Crippen molar-refractivity contribution in [2.75, 3.05) is 11.9 Å². The maximum Gasteiger partial charge on any atom is 0.424 e. The fourth-order valence-corrected chi connectivity index (χ4v) is 2.49. The topological polar surface area (TPSA) is 88.5 Å². The SMILES string of the molecule is Cc1ccc(NC(N)=NCCC(O)(c2nccn2C)C(F)(F)F)cc1C.I. The van der Waals surface area contributed by atoms with Crippen molar-refractivity contribution in [1.29, 1.82) is 0 Å². The van der Waals surface area contributed by atoms with Crippen molar-refractivity contribution in [3.8, 4) is 0 Å². The summed E-state index contributed by atoms with van der Waals surface area (Å²) in [5.41, 5.74) is 5.47. The summed E-state index contributed by atoms with van der Waals surface area (Å²) < 4.78 is 41.3. The number of benzene rings is 1. The number of nitrogens with two attached hydrogens (primary N) is 1. The first-order valence-electron chi connectivity index (χ1n) is 7.95. The molecule has 0 aliphatic rings. The molecule has 1 atom stereocenters. The third-order valence-electron chi connectivity index (χ3n) is 4.20. The monoisotopic (exact) mass is 497 g/mol. The van der Waals surface area contributed by atoms with Gasteiger partial charge in [-0.05, 0) is 37.1 Å². The number of anilines is 1. The van der Waals surface area contributed by atoms with Crippen molar-refractivity contribution in [2.24, 2.45) is 17.8 Å². The average molecular weight is 497 g/mol. The highest BCUT2D eigenvalue weighted by molar-refractivity contribution is 14.0. The summed E-state index contributed by atoms with van der Waals surface area (Å²) in [6.45, 7) is 3.57. The molecule has 0 radical (unpaired) electrons. The van der Waals surface area contributed by atoms with Crippen LogP contribution in [-0.2, 0) is 12.6 Å². The van der Waals surface area contributed by atoms with Crippen LogP contribution in [0.15, 0.2) is 35.6 Å². The maximum atomic E-state index is 13.4. The van der Waals surface area contributed by atoms with Crippen LogP contribution in [0.3, 0.4) is 0 Å². The van der Waals surface area contributed by atoms with E-state index in [1.807, 2.05) is 26.0 Å². The van der Waals surface area contributed by atoms with E-state index in [2.05, 4.69) is 15.3 Å². The molecule has 0 fully saturated rings. The lowest BCUT2D eigenvalue weighted by Gasteiger charge is -2.29. The predicted molar refractivity (Wildman–Crippen MR) is 109 cm³/mol. The van der Waals surface area contributed by atoms with Gasteiger partial charge in [-0.3, -0.25) is 4.99 Å². The van der Waals surface area contributed by atoms with Crippen LogP contribution >= 0.6 is 24.0 Å². The molecule has 2 aromatic rings. The van der Waals surface area contributed by atoms with Gasteiger partial charge in [0.25, 0.3) is 0 Å². The second-order valence-electron chi connectivity index (χ2n) is 6.16. The lowest BCUT2D eigenvalue weighted by Crippen LogP contribution is -2.45. The summed E-state index contributed by atoms with van der Waals surface area (Å²) in [6, 6.07) is 5.55. The number of imidazole rings is 1. The van der Waals surface area contributed by atoms with Crippen molar-refractivity contribution in [3.63, 3.8) is 0 Å². The van der Waals surface area contributed by atoms with Gasteiger partial charge in [0, 0.05) is 38.1 Å². The molecular weight excluding hydrogens is 474 g/mol. The summed E-state index contributed by atoms with van der Waals surface area (Å²) in [4.78, 5) is 7.53. The molecule has 0 saturated carbocycles. The van der Waals surface area contributed by atoms with Gasteiger partial charge in [-0.1, -0.05) is 6.07 Å². The standard InChI is InChI=1S/C17H22F3N5O.HI/c1-11-4-5-13(10-12(11)2)24-15(21)23-7-6-16(26,17(18,19)20)14-22-8-9-25(14)3;/h4-5,8-10,26H,6-7H2,1-3H3,(H3,21,23,24);1H. The summed E-state index contributed by atoms with van der Waals surface area (Å²) in [5, 5.41) is 13.0. The van der Waals surface area contributed by atoms with Crippen molar-refractivity contribution in [2.45, 2.75) is 32.0 Å². The Balaban J connectivity index is 0.00000364. The van der Waals surface area contributed by atoms with E-state index in [0.717, 1.165) is 15.7 Å². The quantitative estimate of drug-likeness (QED) is 0.337. The summed E-state index contributed by atoms with van der Waals surface area (Å²) >= 11 is 0. The lowest BCUT2D eigenvalue weighted by molar-refractivity contribution is -0.272. The number of nitrogens with one attached hydrogen (secondary N) is 1. The van der Waals surface area contributed by atoms with Gasteiger partial charge in [0.15, 0.2) is 5.96 Å². The normalized spacial score (nSPS) is 14.4. The highest BCUT2D eigenvalue weighted by Gasteiger charge is 2.57. The number of rotatable bonds is 5. The molecule has 27 heavy (non-hydrogen) atoms. The van der Waals surface area contributed by atoms with E-state index in [4.69, 9.17) is 5.73 Å². The maximum absolute atomic E-state index is 13.4. The average Bonchev–Trinajstić information content (AvgIpc) is 2.96. The third kappa shape index (κ3) is 5.34. The van der Waals surface area contributed by atoms with Gasteiger partial charge in [0.1, 0.15) is 5.82 Å². The van der Waals surface area contributed by atoms with E-state index in [0.29, 0.717) is 5.69 Å². The van der Waals surface area contributed by atoms with Gasteiger partial charge >= 0.3 is 6.18 Å². The number of aliphatic imine (C=N–C) groups is 1. The first-order chi connectivity index (χ1) is 12.0. The second kappa shape index (κ2) is 8.91. The van der Waals surface area contributed by atoms with Crippen LogP contribution in [0.1, 0.15) is 23.4 Å². The van der Waals surface area contributed by atoms with E-state index in [9.17, 15) is 18.3 Å². The zero-order valence-electron chi connectivity index (χ0n) is 15.2. The Labute approximate surface area is 172 Å². The number of aryl methyl sites for hydroxylation is 3. The largest absolute Gasteiger partial charge is 0.424 e. The van der Waals surface area contributed by atoms with Crippen molar-refractivity contribution >= 4 is 35.6 Å². The van der Waals surface area contributed by atoms with Crippen LogP contribution in [0.4, 0.5) is 18.9 Å². The highest BCUT2D eigenvalue weighted by atomic mass is 127. The summed E-state index contributed by atoms with van der Waals surface area (Å²) in [7, 11) is 1.39. The first kappa shape index (κ1) is 23.2. The van der Waals surface area contributed by atoms with Crippen LogP contribution in [0, 0.1) is 13.8 Å². The van der Waals surface area contributed by atoms with E-state index in [-0.39, 0.29) is 36.5 Å². The smallest absolute Gasteiger partial charge is 0.374 e. The molecule has 0 spiro atoms. The minimum atomic E-state index is -4.89. The molecule has 1 unspecified atom stereocenters. The van der Waals surface area contributed by atoms with Gasteiger partial charge in [-0.25, -0.2) is 4.98 Å². The van der Waals surface area contributed by atoms with Crippen LogP contribution in [0.2, 0.25) is 0 Å². The van der Waals surface area contributed by atoms with Crippen molar-refractivity contribution in [3.05, 3.63) is 47.5 Å². The second-order valence-corrected chi connectivity index (χ2v) is 6.16. The minimum absolute atomic E-state index is 0. The van der Waals surface area contributed by atoms with E-state index < -0.39 is 24.0 Å². The molecule has 0 aliphatic heterocycles. The van der Waals surface area contributed by atoms with Crippen LogP contribution in [0.25, 0.3) is 0 Å². The Bertz CT molecular complexity index is 806. The Hall–Kier alpha value is -1.82. The number of guanidine groups is 1. The number of aliphatic hydroxyl groups is 1. The number of aromatic nitrogens is 2. The van der Waals surface area contributed by atoms with Gasteiger partial charge in [-0.2, -0.15) is 13.2 Å². The highest BCUT2D eigenvalue weighted by Crippen LogP contribution is 2.40. The molecule has 10 heteroatoms. The molecule has 0 bridgehead atoms. The molecule has 1 heterocycles. The molecule has 0 aliphatic carbocycles. The molecule has 1 aromatic heterocycles. The number of alkyl halides is 3. The zero-order chi connectivity index (χ0) is 19.5. The minimum Gasteiger partial charge on any atom is -0.374 e. The first-order valence-corrected chi connectivity index (χ1v) is 7.95. The van der Waals surface area contributed by atoms with E-state index in [1.165, 1.54) is 19.4 Å². The number of hydrogen-bond acceptors (Lipinski definition) is 3. The lowest BCUT2D eigenvalue weighted by atomic mass is 9.98. The number of nitrogens with zero attached hydrogens (tertiary/aromatic N) is 3. The molecule has 4 N–H and O–H groups in total. The molecular formula is C17H23F3IN5O. The fourth-order valence-electron chi connectivity index (χ4n) is 2.49. The van der Waals surface area contributed by atoms with Crippen molar-refractivity contribution in [1.82, 2.24) is 9.55 Å². The van der Waals surface area contributed by atoms with Crippen LogP contribution in [0.5, 0.6) is 0 Å². The summed E-state index contributed by atoms with van der Waals surface area (Å²) in [5.74, 6) is -0.515. The Morgan fingerprint density at radius 2 is 1.96 bits per heavy atom. The fraction of sp³-hybridized carbons (Fsp3) is 0.412. The summed E-state index contributed by atoms with van der Waals surface area (Å²) in [6.07, 6.45) is -3.05. The van der Waals surface area contributed by atoms with Crippen molar-refractivity contribution < 1.29 is 18.3 Å². The van der Waals surface area contributed by atoms with Crippen LogP contribution in [-0.4, -0.2) is 33.3 Å². The Morgan fingerprint density at radius 1 is 1.30 bits per heavy atom. The Kier molecular flexibility index (Phi) is 7.66. The van der Waals surface area contributed by atoms with Gasteiger partial charge in [0.05, 0.1) is 0 Å². The molecule has 2 rings (SSSR count). The molecule has 0 amide bonds.